The van der Waals surface area contributed by atoms with Crippen LogP contribution in [0, 0.1) is 0 Å². The van der Waals surface area contributed by atoms with Crippen LogP contribution in [0.1, 0.15) is 26.2 Å². The second-order valence-electron chi connectivity index (χ2n) is 5.55. The van der Waals surface area contributed by atoms with Crippen molar-refractivity contribution in [2.45, 2.75) is 38.4 Å². The maximum Gasteiger partial charge on any atom is 0.253 e. The summed E-state index contributed by atoms with van der Waals surface area (Å²) >= 11 is 0. The van der Waals surface area contributed by atoms with Crippen LogP contribution >= 0.6 is 0 Å². The molecule has 2 rings (SSSR count). The molecule has 1 aliphatic rings. The van der Waals surface area contributed by atoms with Crippen molar-refractivity contribution in [3.8, 4) is 5.75 Å². The molecule has 2 unspecified atom stereocenters. The molecule has 0 spiro atoms. The van der Waals surface area contributed by atoms with Gasteiger partial charge in [0, 0.05) is 12.3 Å². The fraction of sp³-hybridized carbons (Fsp3) is 0.500. The maximum absolute atomic E-state index is 12.0. The Kier molecular flexibility index (Phi) is 7.10. The molecule has 1 heterocycles. The van der Waals surface area contributed by atoms with Gasteiger partial charge < -0.3 is 19.5 Å². The maximum atomic E-state index is 12.0. The number of nitrogens with one attached hydrogen (secondary N) is 1. The molecule has 126 valence electrons. The Morgan fingerprint density at radius 3 is 2.91 bits per heavy atom. The first kappa shape index (κ1) is 17.5. The van der Waals surface area contributed by atoms with Crippen molar-refractivity contribution in [3.05, 3.63) is 36.9 Å². The summed E-state index contributed by atoms with van der Waals surface area (Å²) in [4.78, 5) is 12.0. The molecule has 1 amide bonds. The topological polar surface area (TPSA) is 56.8 Å². The van der Waals surface area contributed by atoms with E-state index in [4.69, 9.17) is 14.2 Å². The van der Waals surface area contributed by atoms with Crippen molar-refractivity contribution in [1.29, 1.82) is 0 Å². The van der Waals surface area contributed by atoms with E-state index in [9.17, 15) is 4.79 Å². The first-order valence-corrected chi connectivity index (χ1v) is 8.07. The molecule has 1 aromatic rings. The molecule has 23 heavy (non-hydrogen) atoms. The Balaban J connectivity index is 1.74. The summed E-state index contributed by atoms with van der Waals surface area (Å²) in [6, 6.07) is 7.32. The minimum absolute atomic E-state index is 0.165. The third-order valence-electron chi connectivity index (χ3n) is 3.64. The summed E-state index contributed by atoms with van der Waals surface area (Å²) in [7, 11) is 0. The molecule has 1 N–H and O–H groups in total. The van der Waals surface area contributed by atoms with E-state index >= 15 is 0 Å². The lowest BCUT2D eigenvalue weighted by Crippen LogP contribution is -2.28. The average Bonchev–Trinajstić information content (AvgIpc) is 3.08. The third-order valence-corrected chi connectivity index (χ3v) is 3.64. The Hall–Kier alpha value is -1.85. The molecule has 1 fully saturated rings. The van der Waals surface area contributed by atoms with Gasteiger partial charge in [-0.3, -0.25) is 4.79 Å². The van der Waals surface area contributed by atoms with Gasteiger partial charge in [-0.1, -0.05) is 6.08 Å². The highest BCUT2D eigenvalue weighted by Crippen LogP contribution is 2.18. The molecule has 0 aromatic heterocycles. The molecule has 1 aliphatic heterocycles. The van der Waals surface area contributed by atoms with Gasteiger partial charge in [-0.2, -0.15) is 0 Å². The van der Waals surface area contributed by atoms with Crippen LogP contribution in [0.3, 0.4) is 0 Å². The largest absolute Gasteiger partial charge is 0.491 e. The summed E-state index contributed by atoms with van der Waals surface area (Å²) in [6.45, 7) is 7.24. The van der Waals surface area contributed by atoms with Crippen LogP contribution in [0.2, 0.25) is 0 Å². The second kappa shape index (κ2) is 9.33. The van der Waals surface area contributed by atoms with Gasteiger partial charge >= 0.3 is 0 Å². The summed E-state index contributed by atoms with van der Waals surface area (Å²) in [6.07, 6.45) is 4.35. The van der Waals surface area contributed by atoms with Gasteiger partial charge in [0.15, 0.2) is 0 Å². The number of ether oxygens (including phenoxy) is 3. The molecule has 5 heteroatoms. The lowest BCUT2D eigenvalue weighted by Gasteiger charge is -2.14. The Bertz CT molecular complexity index is 494. The van der Waals surface area contributed by atoms with Crippen LogP contribution in [-0.2, 0) is 14.3 Å². The number of benzene rings is 1. The van der Waals surface area contributed by atoms with Gasteiger partial charge in [-0.25, -0.2) is 0 Å². The highest BCUT2D eigenvalue weighted by Gasteiger charge is 2.16. The Morgan fingerprint density at radius 1 is 1.48 bits per heavy atom. The Morgan fingerprint density at radius 2 is 2.26 bits per heavy atom. The number of anilines is 1. The van der Waals surface area contributed by atoms with Crippen molar-refractivity contribution in [2.24, 2.45) is 0 Å². The van der Waals surface area contributed by atoms with Crippen LogP contribution in [0.15, 0.2) is 36.9 Å². The number of hydrogen-bond acceptors (Lipinski definition) is 4. The first-order valence-electron chi connectivity index (χ1n) is 8.07. The molecule has 1 saturated heterocycles. The van der Waals surface area contributed by atoms with Gasteiger partial charge in [0.25, 0.3) is 5.91 Å². The minimum Gasteiger partial charge on any atom is -0.491 e. The molecule has 0 bridgehead atoms. The Labute approximate surface area is 137 Å². The van der Waals surface area contributed by atoms with E-state index in [1.54, 1.807) is 13.0 Å². The standard InChI is InChI=1S/C18H25NO4/c1-3-4-11-21-14(2)18(20)19-15-7-9-16(10-8-15)23-13-17-6-5-12-22-17/h3,7-10,14,17H,1,4-6,11-13H2,2H3,(H,19,20). The SMILES string of the molecule is C=CCCOC(C)C(=O)Nc1ccc(OCC2CCCO2)cc1. The molecule has 0 radical (unpaired) electrons. The molecular weight excluding hydrogens is 294 g/mol. The predicted octanol–water partition coefficient (Wildman–Crippen LogP) is 3.16. The van der Waals surface area contributed by atoms with E-state index in [-0.39, 0.29) is 12.0 Å². The van der Waals surface area contributed by atoms with E-state index in [1.807, 2.05) is 24.3 Å². The lowest BCUT2D eigenvalue weighted by molar-refractivity contribution is -0.126. The summed E-state index contributed by atoms with van der Waals surface area (Å²) < 4.78 is 16.6. The van der Waals surface area contributed by atoms with Crippen LogP contribution < -0.4 is 10.1 Å². The summed E-state index contributed by atoms with van der Waals surface area (Å²) in [5, 5.41) is 2.82. The zero-order chi connectivity index (χ0) is 16.5. The van der Waals surface area contributed by atoms with Crippen LogP contribution in [-0.4, -0.2) is 37.9 Å². The van der Waals surface area contributed by atoms with E-state index in [1.165, 1.54) is 0 Å². The number of amides is 1. The highest BCUT2D eigenvalue weighted by atomic mass is 16.5. The number of rotatable bonds is 9. The van der Waals surface area contributed by atoms with Gasteiger partial charge in [0.1, 0.15) is 18.5 Å². The van der Waals surface area contributed by atoms with E-state index in [2.05, 4.69) is 11.9 Å². The van der Waals surface area contributed by atoms with Gasteiger partial charge in [0.2, 0.25) is 0 Å². The zero-order valence-electron chi connectivity index (χ0n) is 13.6. The third kappa shape index (κ3) is 6.04. The van der Waals surface area contributed by atoms with Gasteiger partial charge in [0.05, 0.1) is 12.7 Å². The fourth-order valence-corrected chi connectivity index (χ4v) is 2.25. The van der Waals surface area contributed by atoms with E-state index in [0.29, 0.717) is 13.2 Å². The second-order valence-corrected chi connectivity index (χ2v) is 5.55. The molecular formula is C18H25NO4. The van der Waals surface area contributed by atoms with Crippen LogP contribution in [0.25, 0.3) is 0 Å². The lowest BCUT2D eigenvalue weighted by atomic mass is 10.2. The smallest absolute Gasteiger partial charge is 0.253 e. The average molecular weight is 319 g/mol. The monoisotopic (exact) mass is 319 g/mol. The summed E-state index contributed by atoms with van der Waals surface area (Å²) in [5.41, 5.74) is 0.721. The van der Waals surface area contributed by atoms with Crippen LogP contribution in [0.4, 0.5) is 5.69 Å². The number of carbonyl (C=O) groups excluding carboxylic acids is 1. The van der Waals surface area contributed by atoms with Gasteiger partial charge in [-0.05, 0) is 50.5 Å². The van der Waals surface area contributed by atoms with Gasteiger partial charge in [-0.15, -0.1) is 6.58 Å². The van der Waals surface area contributed by atoms with Crippen LogP contribution in [0.5, 0.6) is 5.75 Å². The van der Waals surface area contributed by atoms with Crippen molar-refractivity contribution >= 4 is 11.6 Å². The molecule has 0 aliphatic carbocycles. The van der Waals surface area contributed by atoms with Crippen molar-refractivity contribution in [1.82, 2.24) is 0 Å². The zero-order valence-corrected chi connectivity index (χ0v) is 13.6. The van der Waals surface area contributed by atoms with E-state index < -0.39 is 6.10 Å². The molecule has 2 atom stereocenters. The number of carbonyl (C=O) groups is 1. The normalized spacial score (nSPS) is 18.4. The fourth-order valence-electron chi connectivity index (χ4n) is 2.25. The van der Waals surface area contributed by atoms with E-state index in [0.717, 1.165) is 37.3 Å². The highest BCUT2D eigenvalue weighted by molar-refractivity contribution is 5.93. The van der Waals surface area contributed by atoms with Crippen molar-refractivity contribution < 1.29 is 19.0 Å². The van der Waals surface area contributed by atoms with Crippen molar-refractivity contribution in [3.63, 3.8) is 0 Å². The molecule has 1 aromatic carbocycles. The van der Waals surface area contributed by atoms with Crippen molar-refractivity contribution in [2.75, 3.05) is 25.1 Å². The molecule has 5 nitrogen and oxygen atoms in total. The molecule has 0 saturated carbocycles. The summed E-state index contributed by atoms with van der Waals surface area (Å²) in [5.74, 6) is 0.607. The minimum atomic E-state index is -0.495. The quantitative estimate of drug-likeness (QED) is 0.561. The number of hydrogen-bond donors (Lipinski definition) is 1. The first-order chi connectivity index (χ1) is 11.2. The predicted molar refractivity (Wildman–Crippen MR) is 89.8 cm³/mol.